The first-order valence-corrected chi connectivity index (χ1v) is 3.47. The van der Waals surface area contributed by atoms with Crippen LogP contribution in [0.5, 0.6) is 0 Å². The molecule has 0 rings (SSSR count). The number of aliphatic carboxylic acids is 1. The van der Waals surface area contributed by atoms with Crippen LogP contribution in [-0.4, -0.2) is 23.7 Å². The Balaban J connectivity index is 3.88. The van der Waals surface area contributed by atoms with Gasteiger partial charge in [-0.25, -0.2) is 8.78 Å². The summed E-state index contributed by atoms with van der Waals surface area (Å²) in [5.74, 6) is -3.16. The molecular weight excluding hydrogens is 170 g/mol. The molecule has 0 saturated carbocycles. The van der Waals surface area contributed by atoms with Crippen LogP contribution in [0.4, 0.5) is 8.78 Å². The number of hydrogen-bond acceptors (Lipinski definition) is 3. The molecule has 0 aliphatic rings. The minimum atomic E-state index is -2.86. The Morgan fingerprint density at radius 2 is 1.83 bits per heavy atom. The van der Waals surface area contributed by atoms with Gasteiger partial charge in [0, 0.05) is 0 Å². The molecule has 0 aromatic rings. The van der Waals surface area contributed by atoms with E-state index >= 15 is 0 Å². The van der Waals surface area contributed by atoms with Crippen molar-refractivity contribution in [1.82, 2.24) is 0 Å². The van der Waals surface area contributed by atoms with Gasteiger partial charge in [-0.05, 0) is 12.8 Å². The van der Waals surface area contributed by atoms with Crippen LogP contribution in [-0.2, 0) is 4.79 Å². The van der Waals surface area contributed by atoms with E-state index in [4.69, 9.17) is 16.6 Å². The monoisotopic (exact) mass is 182 g/mol. The minimum absolute atomic E-state index is 0.0846. The summed E-state index contributed by atoms with van der Waals surface area (Å²) in [5.41, 5.74) is 10.2. The van der Waals surface area contributed by atoms with Gasteiger partial charge in [0.25, 0.3) is 6.43 Å². The minimum Gasteiger partial charge on any atom is -0.481 e. The fourth-order valence-corrected chi connectivity index (χ4v) is 0.729. The third kappa shape index (κ3) is 4.20. The predicted octanol–water partition coefficient (Wildman–Crippen LogP) is -0.0240. The summed E-state index contributed by atoms with van der Waals surface area (Å²) in [6.07, 6.45) is -3.70. The molecular formula is C6H12F2N2O2. The van der Waals surface area contributed by atoms with Gasteiger partial charge in [0.1, 0.15) is 5.92 Å². The van der Waals surface area contributed by atoms with Crippen molar-refractivity contribution in [2.24, 2.45) is 17.4 Å². The summed E-state index contributed by atoms with van der Waals surface area (Å²) in [6.45, 7) is 0. The van der Waals surface area contributed by atoms with Crippen molar-refractivity contribution in [1.29, 1.82) is 0 Å². The van der Waals surface area contributed by atoms with Crippen LogP contribution in [0, 0.1) is 5.92 Å². The second-order valence-corrected chi connectivity index (χ2v) is 2.52. The van der Waals surface area contributed by atoms with E-state index in [1.807, 2.05) is 0 Å². The van der Waals surface area contributed by atoms with E-state index < -0.39 is 24.5 Å². The summed E-state index contributed by atoms with van der Waals surface area (Å²) in [7, 11) is 0. The summed E-state index contributed by atoms with van der Waals surface area (Å²) in [6, 6.07) is 0. The molecule has 1 unspecified atom stereocenters. The number of hydrogen-bond donors (Lipinski definition) is 3. The number of alkyl halides is 2. The van der Waals surface area contributed by atoms with E-state index in [0.29, 0.717) is 0 Å². The highest BCUT2D eigenvalue weighted by Crippen LogP contribution is 2.16. The number of rotatable bonds is 5. The molecule has 72 valence electrons. The van der Waals surface area contributed by atoms with Crippen molar-refractivity contribution >= 4 is 5.97 Å². The first kappa shape index (κ1) is 11.2. The zero-order valence-corrected chi connectivity index (χ0v) is 6.41. The predicted molar refractivity (Wildman–Crippen MR) is 38.5 cm³/mol. The van der Waals surface area contributed by atoms with E-state index in [1.165, 1.54) is 0 Å². The maximum Gasteiger partial charge on any atom is 0.312 e. The average Bonchev–Trinajstić information content (AvgIpc) is 1.84. The van der Waals surface area contributed by atoms with E-state index in [-0.39, 0.29) is 12.8 Å². The van der Waals surface area contributed by atoms with Gasteiger partial charge >= 0.3 is 5.97 Å². The Labute approximate surface area is 68.5 Å². The quantitative estimate of drug-likeness (QED) is 0.521. The fourth-order valence-electron chi connectivity index (χ4n) is 0.729. The summed E-state index contributed by atoms with van der Waals surface area (Å²) in [5, 5.41) is 8.29. The van der Waals surface area contributed by atoms with Gasteiger partial charge in [0.05, 0.1) is 6.17 Å². The second-order valence-electron chi connectivity index (χ2n) is 2.52. The summed E-state index contributed by atoms with van der Waals surface area (Å²) >= 11 is 0. The Hall–Kier alpha value is -0.750. The van der Waals surface area contributed by atoms with Crippen LogP contribution >= 0.6 is 0 Å². The molecule has 0 aromatic carbocycles. The van der Waals surface area contributed by atoms with E-state index in [1.54, 1.807) is 0 Å². The van der Waals surface area contributed by atoms with Crippen molar-refractivity contribution in [3.8, 4) is 0 Å². The molecule has 0 fully saturated rings. The zero-order chi connectivity index (χ0) is 9.72. The van der Waals surface area contributed by atoms with Gasteiger partial charge in [0.2, 0.25) is 0 Å². The van der Waals surface area contributed by atoms with Gasteiger partial charge < -0.3 is 16.6 Å². The Morgan fingerprint density at radius 3 is 2.08 bits per heavy atom. The van der Waals surface area contributed by atoms with Crippen molar-refractivity contribution in [3.05, 3.63) is 0 Å². The molecule has 5 N–H and O–H groups in total. The molecule has 0 radical (unpaired) electrons. The smallest absolute Gasteiger partial charge is 0.312 e. The van der Waals surface area contributed by atoms with Crippen LogP contribution < -0.4 is 11.5 Å². The fraction of sp³-hybridized carbons (Fsp3) is 0.833. The Bertz CT molecular complexity index is 152. The normalized spacial score (nSPS) is 13.8. The van der Waals surface area contributed by atoms with Crippen LogP contribution in [0.25, 0.3) is 0 Å². The average molecular weight is 182 g/mol. The largest absolute Gasteiger partial charge is 0.481 e. The molecule has 0 saturated heterocycles. The Kier molecular flexibility index (Phi) is 4.68. The zero-order valence-electron chi connectivity index (χ0n) is 6.41. The third-order valence-electron chi connectivity index (χ3n) is 1.43. The highest BCUT2D eigenvalue weighted by atomic mass is 19.3. The number of carboxylic acids is 1. The molecule has 0 aliphatic carbocycles. The SMILES string of the molecule is NC(N)CCC(C(=O)O)C(F)F. The lowest BCUT2D eigenvalue weighted by Crippen LogP contribution is -2.32. The van der Waals surface area contributed by atoms with E-state index in [9.17, 15) is 13.6 Å². The number of carboxylic acid groups (broad SMARTS) is 1. The topological polar surface area (TPSA) is 89.3 Å². The van der Waals surface area contributed by atoms with Crippen LogP contribution in [0.2, 0.25) is 0 Å². The number of carbonyl (C=O) groups is 1. The van der Waals surface area contributed by atoms with E-state index in [0.717, 1.165) is 0 Å². The second kappa shape index (κ2) is 5.00. The van der Waals surface area contributed by atoms with Gasteiger partial charge in [-0.2, -0.15) is 0 Å². The van der Waals surface area contributed by atoms with Gasteiger partial charge in [-0.3, -0.25) is 4.79 Å². The molecule has 1 atom stereocenters. The maximum atomic E-state index is 11.9. The summed E-state index contributed by atoms with van der Waals surface area (Å²) < 4.78 is 23.9. The molecule has 0 bridgehead atoms. The maximum absolute atomic E-state index is 11.9. The van der Waals surface area contributed by atoms with Crippen LogP contribution in [0.15, 0.2) is 0 Å². The highest BCUT2D eigenvalue weighted by molar-refractivity contribution is 5.70. The number of nitrogens with two attached hydrogens (primary N) is 2. The number of halogens is 2. The molecule has 0 amide bonds. The third-order valence-corrected chi connectivity index (χ3v) is 1.43. The lowest BCUT2D eigenvalue weighted by Gasteiger charge is -2.11. The first-order valence-electron chi connectivity index (χ1n) is 3.47. The van der Waals surface area contributed by atoms with Crippen molar-refractivity contribution in [2.75, 3.05) is 0 Å². The van der Waals surface area contributed by atoms with Gasteiger partial charge in [0.15, 0.2) is 0 Å². The lowest BCUT2D eigenvalue weighted by molar-refractivity contribution is -0.147. The van der Waals surface area contributed by atoms with E-state index in [2.05, 4.69) is 0 Å². The molecule has 6 heteroatoms. The van der Waals surface area contributed by atoms with Gasteiger partial charge in [-0.15, -0.1) is 0 Å². The Morgan fingerprint density at radius 1 is 1.33 bits per heavy atom. The molecule has 0 spiro atoms. The molecule has 12 heavy (non-hydrogen) atoms. The molecule has 0 aliphatic heterocycles. The van der Waals surface area contributed by atoms with Gasteiger partial charge in [-0.1, -0.05) is 0 Å². The highest BCUT2D eigenvalue weighted by Gasteiger charge is 2.27. The standard InChI is InChI=1S/C6H12F2N2O2/c7-5(8)3(6(11)12)1-2-4(9)10/h3-5H,1-2,9-10H2,(H,11,12). The van der Waals surface area contributed by atoms with Crippen molar-refractivity contribution < 1.29 is 18.7 Å². The van der Waals surface area contributed by atoms with Crippen molar-refractivity contribution in [2.45, 2.75) is 25.4 Å². The van der Waals surface area contributed by atoms with Crippen LogP contribution in [0.1, 0.15) is 12.8 Å². The molecule has 0 aromatic heterocycles. The molecule has 4 nitrogen and oxygen atoms in total. The lowest BCUT2D eigenvalue weighted by atomic mass is 10.0. The van der Waals surface area contributed by atoms with Crippen molar-refractivity contribution in [3.63, 3.8) is 0 Å². The first-order chi connectivity index (χ1) is 5.45. The summed E-state index contributed by atoms with van der Waals surface area (Å²) in [4.78, 5) is 10.2. The molecule has 0 heterocycles. The van der Waals surface area contributed by atoms with Crippen LogP contribution in [0.3, 0.4) is 0 Å².